The monoisotopic (exact) mass is 341 g/mol. The number of likely N-dealkylation sites (tertiary alicyclic amines) is 1. The predicted molar refractivity (Wildman–Crippen MR) is 97.9 cm³/mol. The van der Waals surface area contributed by atoms with E-state index in [0.717, 1.165) is 24.2 Å². The first-order valence-electron chi connectivity index (χ1n) is 8.80. The molecule has 1 aromatic rings. The highest BCUT2D eigenvalue weighted by molar-refractivity contribution is 5.97. The molecule has 5 heteroatoms. The van der Waals surface area contributed by atoms with Crippen molar-refractivity contribution in [2.75, 3.05) is 7.11 Å². The Bertz CT molecular complexity index is 651. The second kappa shape index (κ2) is 8.57. The number of hydrogen-bond donors (Lipinski definition) is 1. The van der Waals surface area contributed by atoms with E-state index in [1.807, 2.05) is 31.2 Å². The number of piperidine rings is 1. The molecule has 25 heavy (non-hydrogen) atoms. The molecule has 0 radical (unpaired) electrons. The van der Waals surface area contributed by atoms with E-state index < -0.39 is 0 Å². The van der Waals surface area contributed by atoms with E-state index >= 15 is 0 Å². The van der Waals surface area contributed by atoms with Crippen LogP contribution >= 0.6 is 0 Å². The average molecular weight is 341 g/mol. The van der Waals surface area contributed by atoms with E-state index in [4.69, 9.17) is 4.74 Å². The van der Waals surface area contributed by atoms with Crippen molar-refractivity contribution in [3.63, 3.8) is 0 Å². The molecule has 5 nitrogen and oxygen atoms in total. The lowest BCUT2D eigenvalue weighted by Crippen LogP contribution is -2.40. The third kappa shape index (κ3) is 4.76. The first kappa shape index (κ1) is 18.9. The highest BCUT2D eigenvalue weighted by atomic mass is 16.5. The normalized spacial score (nSPS) is 22.0. The Hall–Kier alpha value is -2.48. The lowest BCUT2D eigenvalue weighted by Gasteiger charge is -2.38. The van der Waals surface area contributed by atoms with E-state index in [0.29, 0.717) is 12.1 Å². The second-order valence-electron chi connectivity index (χ2n) is 6.70. The summed E-state index contributed by atoms with van der Waals surface area (Å²) in [5.74, 6) is 0.434. The summed E-state index contributed by atoms with van der Waals surface area (Å²) in [5, 5.41) is 12.3. The van der Waals surface area contributed by atoms with Crippen LogP contribution in [0, 0.1) is 11.3 Å². The van der Waals surface area contributed by atoms with Crippen molar-refractivity contribution in [1.29, 1.82) is 5.26 Å². The molecule has 1 aliphatic heterocycles. The van der Waals surface area contributed by atoms with Crippen molar-refractivity contribution >= 4 is 5.91 Å². The number of benzene rings is 1. The van der Waals surface area contributed by atoms with Gasteiger partial charge in [-0.1, -0.05) is 12.1 Å². The van der Waals surface area contributed by atoms with Gasteiger partial charge >= 0.3 is 0 Å². The van der Waals surface area contributed by atoms with E-state index in [1.165, 1.54) is 6.42 Å². The van der Waals surface area contributed by atoms with Gasteiger partial charge in [0.25, 0.3) is 5.91 Å². The standard InChI is InChI=1S/C20H27N3O2/c1-14-6-5-7-15(2)23(14)13-18(12-21)20(24)22-16(3)17-8-10-19(25-4)11-9-17/h8-11,13-16H,5-7H2,1-4H3,(H,22,24)/b18-13-. The van der Waals surface area contributed by atoms with Crippen LogP contribution < -0.4 is 10.1 Å². The zero-order valence-electron chi connectivity index (χ0n) is 15.5. The van der Waals surface area contributed by atoms with Crippen LogP contribution in [-0.2, 0) is 4.79 Å². The molecule has 3 atom stereocenters. The minimum Gasteiger partial charge on any atom is -0.497 e. The molecule has 1 amide bonds. The fourth-order valence-corrected chi connectivity index (χ4v) is 3.23. The zero-order valence-corrected chi connectivity index (χ0v) is 15.5. The smallest absolute Gasteiger partial charge is 0.263 e. The molecule has 0 aliphatic carbocycles. The fourth-order valence-electron chi connectivity index (χ4n) is 3.23. The molecule has 134 valence electrons. The van der Waals surface area contributed by atoms with Gasteiger partial charge in [0.15, 0.2) is 0 Å². The zero-order chi connectivity index (χ0) is 18.4. The van der Waals surface area contributed by atoms with Gasteiger partial charge in [0.05, 0.1) is 13.2 Å². The van der Waals surface area contributed by atoms with Crippen LogP contribution in [0.25, 0.3) is 0 Å². The molecule has 1 aromatic carbocycles. The molecule has 1 N–H and O–H groups in total. The third-order valence-electron chi connectivity index (χ3n) is 4.87. The fraction of sp³-hybridized carbons (Fsp3) is 0.500. The van der Waals surface area contributed by atoms with Crippen molar-refractivity contribution in [3.05, 3.63) is 41.6 Å². The van der Waals surface area contributed by atoms with Gasteiger partial charge in [-0.05, 0) is 57.7 Å². The number of nitrogens with zero attached hydrogens (tertiary/aromatic N) is 2. The van der Waals surface area contributed by atoms with Crippen LogP contribution in [0.2, 0.25) is 0 Å². The quantitative estimate of drug-likeness (QED) is 0.657. The summed E-state index contributed by atoms with van der Waals surface area (Å²) in [6.07, 6.45) is 5.09. The van der Waals surface area contributed by atoms with Crippen molar-refractivity contribution in [2.45, 2.75) is 58.2 Å². The highest BCUT2D eigenvalue weighted by Gasteiger charge is 2.24. The summed E-state index contributed by atoms with van der Waals surface area (Å²) in [4.78, 5) is 14.7. The molecule has 2 rings (SSSR count). The molecule has 1 heterocycles. The van der Waals surface area contributed by atoms with E-state index in [9.17, 15) is 10.1 Å². The van der Waals surface area contributed by atoms with Crippen molar-refractivity contribution in [3.8, 4) is 11.8 Å². The number of nitriles is 1. The Morgan fingerprint density at radius 1 is 1.32 bits per heavy atom. The Kier molecular flexibility index (Phi) is 6.46. The van der Waals surface area contributed by atoms with Gasteiger partial charge in [0.1, 0.15) is 17.4 Å². The van der Waals surface area contributed by atoms with Gasteiger partial charge < -0.3 is 15.0 Å². The molecule has 1 fully saturated rings. The van der Waals surface area contributed by atoms with Crippen LogP contribution in [0.15, 0.2) is 36.0 Å². The SMILES string of the molecule is COc1ccc(C(C)NC(=O)/C(C#N)=C\N2C(C)CCCC2C)cc1. The summed E-state index contributed by atoms with van der Waals surface area (Å²) in [5.41, 5.74) is 1.12. The van der Waals surface area contributed by atoms with Crippen molar-refractivity contribution < 1.29 is 9.53 Å². The minimum atomic E-state index is -0.337. The van der Waals surface area contributed by atoms with Crippen molar-refractivity contribution in [1.82, 2.24) is 10.2 Å². The van der Waals surface area contributed by atoms with Gasteiger partial charge in [-0.25, -0.2) is 0 Å². The maximum Gasteiger partial charge on any atom is 0.263 e. The number of amides is 1. The van der Waals surface area contributed by atoms with Crippen LogP contribution in [0.4, 0.5) is 0 Å². The highest BCUT2D eigenvalue weighted by Crippen LogP contribution is 2.24. The van der Waals surface area contributed by atoms with Gasteiger partial charge in [-0.15, -0.1) is 0 Å². The number of carbonyl (C=O) groups is 1. The van der Waals surface area contributed by atoms with Crippen LogP contribution in [-0.4, -0.2) is 30.0 Å². The molecular weight excluding hydrogens is 314 g/mol. The molecule has 1 saturated heterocycles. The predicted octanol–water partition coefficient (Wildman–Crippen LogP) is 3.54. The van der Waals surface area contributed by atoms with Gasteiger partial charge in [-0.3, -0.25) is 4.79 Å². The first-order chi connectivity index (χ1) is 12.0. The van der Waals surface area contributed by atoms with Crippen LogP contribution in [0.5, 0.6) is 5.75 Å². The summed E-state index contributed by atoms with van der Waals surface area (Å²) in [6, 6.07) is 10.1. The number of ether oxygens (including phenoxy) is 1. The Labute approximate surface area is 150 Å². The summed E-state index contributed by atoms with van der Waals surface area (Å²) in [6.45, 7) is 6.18. The minimum absolute atomic E-state index is 0.154. The Balaban J connectivity index is 2.08. The Morgan fingerprint density at radius 3 is 2.44 bits per heavy atom. The molecular formula is C20H27N3O2. The average Bonchev–Trinajstić information content (AvgIpc) is 2.61. The largest absolute Gasteiger partial charge is 0.497 e. The van der Waals surface area contributed by atoms with Crippen LogP contribution in [0.3, 0.4) is 0 Å². The molecule has 3 unspecified atom stereocenters. The maximum atomic E-state index is 12.5. The number of methoxy groups -OCH3 is 1. The lowest BCUT2D eigenvalue weighted by atomic mass is 9.98. The van der Waals surface area contributed by atoms with Gasteiger partial charge in [0.2, 0.25) is 0 Å². The summed E-state index contributed by atoms with van der Waals surface area (Å²) < 4.78 is 5.15. The number of nitrogens with one attached hydrogen (secondary N) is 1. The van der Waals surface area contributed by atoms with Crippen molar-refractivity contribution in [2.24, 2.45) is 0 Å². The first-order valence-corrected chi connectivity index (χ1v) is 8.80. The molecule has 0 spiro atoms. The number of carbonyl (C=O) groups excluding carboxylic acids is 1. The van der Waals surface area contributed by atoms with E-state index in [2.05, 4.69) is 30.1 Å². The van der Waals surface area contributed by atoms with E-state index in [1.54, 1.807) is 13.3 Å². The third-order valence-corrected chi connectivity index (χ3v) is 4.87. The van der Waals surface area contributed by atoms with Gasteiger partial charge in [-0.2, -0.15) is 5.26 Å². The molecule has 0 bridgehead atoms. The molecule has 1 aliphatic rings. The summed E-state index contributed by atoms with van der Waals surface area (Å²) in [7, 11) is 1.62. The van der Waals surface area contributed by atoms with Gasteiger partial charge in [0, 0.05) is 18.3 Å². The van der Waals surface area contributed by atoms with E-state index in [-0.39, 0.29) is 17.5 Å². The second-order valence-corrected chi connectivity index (χ2v) is 6.70. The van der Waals surface area contributed by atoms with Crippen LogP contribution in [0.1, 0.15) is 51.6 Å². The lowest BCUT2D eigenvalue weighted by molar-refractivity contribution is -0.117. The molecule has 0 aromatic heterocycles. The molecule has 0 saturated carbocycles. The topological polar surface area (TPSA) is 65.4 Å². The Morgan fingerprint density at radius 2 is 1.92 bits per heavy atom. The number of hydrogen-bond acceptors (Lipinski definition) is 4. The number of rotatable bonds is 5. The summed E-state index contributed by atoms with van der Waals surface area (Å²) >= 11 is 0. The maximum absolute atomic E-state index is 12.5.